The molecular formula is C22H21ClN2. The molecule has 3 heteroatoms. The van der Waals surface area contributed by atoms with Crippen LogP contribution in [0.2, 0.25) is 0 Å². The number of rotatable bonds is 3. The normalized spacial score (nSPS) is 25.8. The van der Waals surface area contributed by atoms with Crippen molar-refractivity contribution < 1.29 is 0 Å². The molecule has 2 atom stereocenters. The molecule has 1 aromatic carbocycles. The lowest BCUT2D eigenvalue weighted by Crippen LogP contribution is -2.24. The third-order valence-corrected chi connectivity index (χ3v) is 5.11. The highest BCUT2D eigenvalue weighted by Crippen LogP contribution is 2.28. The van der Waals surface area contributed by atoms with E-state index in [0.717, 1.165) is 37.1 Å². The fraction of sp³-hybridized carbons (Fsp3) is 0.273. The van der Waals surface area contributed by atoms with Gasteiger partial charge in [0.2, 0.25) is 0 Å². The second-order valence-electron chi connectivity index (χ2n) is 6.57. The molecule has 25 heavy (non-hydrogen) atoms. The van der Waals surface area contributed by atoms with Crippen LogP contribution in [0.3, 0.4) is 0 Å². The second kappa shape index (κ2) is 7.37. The van der Waals surface area contributed by atoms with Crippen LogP contribution in [0.25, 0.3) is 0 Å². The van der Waals surface area contributed by atoms with Crippen LogP contribution in [0, 0.1) is 0 Å². The molecule has 0 N–H and O–H groups in total. The molecule has 2 aliphatic carbocycles. The summed E-state index contributed by atoms with van der Waals surface area (Å²) in [5.41, 5.74) is 4.84. The van der Waals surface area contributed by atoms with Gasteiger partial charge in [0.25, 0.3) is 0 Å². The second-order valence-corrected chi connectivity index (χ2v) is 7.13. The number of aliphatic imine (C=N–C) groups is 2. The Hall–Kier alpha value is -2.19. The van der Waals surface area contributed by atoms with Gasteiger partial charge in [0.1, 0.15) is 0 Å². The summed E-state index contributed by atoms with van der Waals surface area (Å²) in [4.78, 5) is 9.89. The van der Waals surface area contributed by atoms with Crippen LogP contribution >= 0.6 is 11.6 Å². The van der Waals surface area contributed by atoms with Crippen LogP contribution in [0.15, 0.2) is 87.9 Å². The van der Waals surface area contributed by atoms with Gasteiger partial charge in [0, 0.05) is 17.7 Å². The van der Waals surface area contributed by atoms with Crippen molar-refractivity contribution in [1.82, 2.24) is 0 Å². The molecule has 4 rings (SSSR count). The van der Waals surface area contributed by atoms with Gasteiger partial charge in [-0.05, 0) is 30.4 Å². The molecule has 0 aromatic heterocycles. The molecule has 0 fully saturated rings. The number of alkyl halides is 1. The summed E-state index contributed by atoms with van der Waals surface area (Å²) < 4.78 is 0. The van der Waals surface area contributed by atoms with Crippen LogP contribution in [-0.4, -0.2) is 23.0 Å². The van der Waals surface area contributed by atoms with Crippen molar-refractivity contribution in [1.29, 1.82) is 0 Å². The van der Waals surface area contributed by atoms with Gasteiger partial charge in [-0.2, -0.15) is 0 Å². The van der Waals surface area contributed by atoms with Crippen molar-refractivity contribution in [2.45, 2.75) is 37.1 Å². The third-order valence-electron chi connectivity index (χ3n) is 4.78. The number of benzene rings is 1. The number of hydrogen-bond donors (Lipinski definition) is 0. The molecule has 1 aromatic rings. The predicted octanol–water partition coefficient (Wildman–Crippen LogP) is 5.42. The van der Waals surface area contributed by atoms with Gasteiger partial charge in [-0.1, -0.05) is 66.8 Å². The Morgan fingerprint density at radius 2 is 2.00 bits per heavy atom. The largest absolute Gasteiger partial charge is 0.258 e. The fourth-order valence-corrected chi connectivity index (χ4v) is 3.56. The zero-order valence-electron chi connectivity index (χ0n) is 14.1. The van der Waals surface area contributed by atoms with Crippen LogP contribution in [0.4, 0.5) is 0 Å². The first-order valence-corrected chi connectivity index (χ1v) is 9.32. The summed E-state index contributed by atoms with van der Waals surface area (Å²) in [6.45, 7) is 0. The smallest absolute Gasteiger partial charge is 0.155 e. The topological polar surface area (TPSA) is 24.7 Å². The van der Waals surface area contributed by atoms with Crippen LogP contribution in [-0.2, 0) is 0 Å². The number of allylic oxidation sites excluding steroid dienone is 6. The van der Waals surface area contributed by atoms with E-state index < -0.39 is 0 Å². The van der Waals surface area contributed by atoms with Gasteiger partial charge in [-0.3, -0.25) is 4.99 Å². The van der Waals surface area contributed by atoms with E-state index in [1.165, 1.54) is 16.9 Å². The van der Waals surface area contributed by atoms with Crippen molar-refractivity contribution in [3.63, 3.8) is 0 Å². The Labute approximate surface area is 154 Å². The van der Waals surface area contributed by atoms with Gasteiger partial charge in [-0.15, -0.1) is 11.6 Å². The zero-order chi connectivity index (χ0) is 17.1. The Balaban J connectivity index is 1.70. The van der Waals surface area contributed by atoms with E-state index in [4.69, 9.17) is 21.6 Å². The van der Waals surface area contributed by atoms with Gasteiger partial charge >= 0.3 is 0 Å². The molecule has 1 aliphatic heterocycles. The minimum Gasteiger partial charge on any atom is -0.258 e. The molecule has 3 aliphatic rings. The van der Waals surface area contributed by atoms with Crippen molar-refractivity contribution in [2.75, 3.05) is 0 Å². The number of nitrogens with zero attached hydrogens (tertiary/aromatic N) is 2. The number of halogens is 1. The van der Waals surface area contributed by atoms with Crippen molar-refractivity contribution >= 4 is 23.1 Å². The lowest BCUT2D eigenvalue weighted by atomic mass is 9.90. The highest BCUT2D eigenvalue weighted by molar-refractivity contribution is 6.22. The Kier molecular flexibility index (Phi) is 4.80. The summed E-state index contributed by atoms with van der Waals surface area (Å²) in [6, 6.07) is 10.4. The molecular weight excluding hydrogens is 328 g/mol. The quantitative estimate of drug-likeness (QED) is 0.652. The first kappa shape index (κ1) is 16.3. The minimum absolute atomic E-state index is 0.101. The third kappa shape index (κ3) is 3.74. The summed E-state index contributed by atoms with van der Waals surface area (Å²) in [5.74, 6) is 0.838. The van der Waals surface area contributed by atoms with Crippen molar-refractivity contribution in [3.05, 3.63) is 83.5 Å². The van der Waals surface area contributed by atoms with Crippen LogP contribution in [0.5, 0.6) is 0 Å². The Morgan fingerprint density at radius 3 is 2.72 bits per heavy atom. The first-order valence-electron chi connectivity index (χ1n) is 8.89. The van der Waals surface area contributed by atoms with E-state index in [2.05, 4.69) is 48.6 Å². The molecule has 2 unspecified atom stereocenters. The average molecular weight is 349 g/mol. The monoisotopic (exact) mass is 348 g/mol. The lowest BCUT2D eigenvalue weighted by Gasteiger charge is -2.25. The standard InChI is InChI=1S/C22H21ClN2/c23-19-13-11-17(12-14-19)21-15-20(16-7-3-1-4-8-16)24-22(25-21)18-9-5-2-6-10-18/h1-3,5-7,9-13,19,21H,4,8,14-15H2. The average Bonchev–Trinajstić information content (AvgIpc) is 2.69. The van der Waals surface area contributed by atoms with Crippen LogP contribution in [0.1, 0.15) is 31.2 Å². The van der Waals surface area contributed by atoms with E-state index in [1.807, 2.05) is 18.2 Å². The molecule has 0 saturated heterocycles. The zero-order valence-corrected chi connectivity index (χ0v) is 14.9. The molecule has 126 valence electrons. The van der Waals surface area contributed by atoms with E-state index in [-0.39, 0.29) is 11.4 Å². The Morgan fingerprint density at radius 1 is 1.12 bits per heavy atom. The fourth-order valence-electron chi connectivity index (χ4n) is 3.40. The SMILES string of the molecule is ClC1C=CC(C2CC(C3=CC=CCC3)=NC(c3ccccc3)=N2)=CC1. The van der Waals surface area contributed by atoms with E-state index >= 15 is 0 Å². The van der Waals surface area contributed by atoms with Gasteiger partial charge in [0.05, 0.1) is 11.4 Å². The maximum atomic E-state index is 6.19. The summed E-state index contributed by atoms with van der Waals surface area (Å²) in [7, 11) is 0. The van der Waals surface area contributed by atoms with Crippen molar-refractivity contribution in [2.24, 2.45) is 9.98 Å². The number of hydrogen-bond acceptors (Lipinski definition) is 2. The van der Waals surface area contributed by atoms with E-state index in [1.54, 1.807) is 0 Å². The molecule has 0 spiro atoms. The summed E-state index contributed by atoms with van der Waals surface area (Å²) in [6.07, 6.45) is 16.9. The van der Waals surface area contributed by atoms with Crippen molar-refractivity contribution in [3.8, 4) is 0 Å². The molecule has 0 amide bonds. The lowest BCUT2D eigenvalue weighted by molar-refractivity contribution is 0.792. The summed E-state index contributed by atoms with van der Waals surface area (Å²) in [5, 5.41) is 0.101. The molecule has 0 bridgehead atoms. The molecule has 2 nitrogen and oxygen atoms in total. The van der Waals surface area contributed by atoms with Crippen LogP contribution < -0.4 is 0 Å². The first-order chi connectivity index (χ1) is 12.3. The van der Waals surface area contributed by atoms with E-state index in [9.17, 15) is 0 Å². The van der Waals surface area contributed by atoms with Gasteiger partial charge in [0.15, 0.2) is 5.84 Å². The highest BCUT2D eigenvalue weighted by atomic mass is 35.5. The minimum atomic E-state index is 0.101. The van der Waals surface area contributed by atoms with Gasteiger partial charge in [-0.25, -0.2) is 4.99 Å². The predicted molar refractivity (Wildman–Crippen MR) is 107 cm³/mol. The Bertz CT molecular complexity index is 825. The maximum Gasteiger partial charge on any atom is 0.155 e. The molecule has 0 saturated carbocycles. The summed E-state index contributed by atoms with van der Waals surface area (Å²) >= 11 is 6.19. The maximum absolute atomic E-state index is 6.19. The number of amidine groups is 1. The van der Waals surface area contributed by atoms with E-state index in [0.29, 0.717) is 0 Å². The van der Waals surface area contributed by atoms with Gasteiger partial charge < -0.3 is 0 Å². The molecule has 1 heterocycles. The molecule has 0 radical (unpaired) electrons. The highest BCUT2D eigenvalue weighted by Gasteiger charge is 2.24.